The Kier molecular flexibility index (Phi) is 2.18. The summed E-state index contributed by atoms with van der Waals surface area (Å²) in [4.78, 5) is 10.9. The summed E-state index contributed by atoms with van der Waals surface area (Å²) in [5, 5.41) is 10.1. The van der Waals surface area contributed by atoms with Crippen molar-refractivity contribution in [3.63, 3.8) is 0 Å². The molecule has 11 heavy (non-hydrogen) atoms. The molecule has 1 aromatic rings. The van der Waals surface area contributed by atoms with Crippen LogP contribution >= 0.6 is 0 Å². The zero-order chi connectivity index (χ0) is 8.10. The van der Waals surface area contributed by atoms with Gasteiger partial charge in [-0.2, -0.15) is 9.36 Å². The molecule has 1 rings (SSSR count). The molecule has 0 bridgehead atoms. The van der Waals surface area contributed by atoms with E-state index in [-0.39, 0.29) is 0 Å². The minimum Gasteiger partial charge on any atom is -0.195 e. The zero-order valence-electron chi connectivity index (χ0n) is 5.69. The third-order valence-electron chi connectivity index (χ3n) is 1.11. The Hall–Kier alpha value is -1.89. The molecule has 0 aliphatic rings. The highest BCUT2D eigenvalue weighted by atomic mass is 16.2. The molecule has 0 unspecified atom stereocenters. The molecule has 4 heteroatoms. The molecule has 0 saturated heterocycles. The van der Waals surface area contributed by atoms with Gasteiger partial charge >= 0.3 is 6.03 Å². The van der Waals surface area contributed by atoms with E-state index in [0.29, 0.717) is 0 Å². The molecule has 0 atom stereocenters. The number of pyridine rings is 1. The first-order valence-electron chi connectivity index (χ1n) is 3.00. The molecule has 0 radical (unpaired) electrons. The van der Waals surface area contributed by atoms with Crippen LogP contribution in [0.15, 0.2) is 30.6 Å². The number of nitrogens with one attached hydrogen (secondary N) is 1. The highest BCUT2D eigenvalue weighted by molar-refractivity contribution is 5.65. The van der Waals surface area contributed by atoms with Crippen molar-refractivity contribution in [2.45, 2.75) is 0 Å². The van der Waals surface area contributed by atoms with E-state index in [4.69, 9.17) is 5.26 Å². The smallest absolute Gasteiger partial charge is 0.195 e. The average Bonchev–Trinajstić information content (AvgIpc) is 2.07. The summed E-state index contributed by atoms with van der Waals surface area (Å²) in [6.07, 6.45) is 4.67. The maximum Gasteiger partial charge on any atom is 0.510 e. The van der Waals surface area contributed by atoms with Crippen molar-refractivity contribution in [3.05, 3.63) is 30.6 Å². The average molecular weight is 148 g/mol. The predicted octanol–water partition coefficient (Wildman–Crippen LogP) is 0.0129. The molecule has 1 N–H and O–H groups in total. The second-order valence-corrected chi connectivity index (χ2v) is 1.82. The van der Waals surface area contributed by atoms with E-state index in [1.165, 1.54) is 4.57 Å². The first-order chi connectivity index (χ1) is 5.34. The SMILES string of the molecule is N#CNC(=O)[n+]1ccccc1. The van der Waals surface area contributed by atoms with Gasteiger partial charge in [0.25, 0.3) is 6.19 Å². The molecule has 4 nitrogen and oxygen atoms in total. The van der Waals surface area contributed by atoms with E-state index in [2.05, 4.69) is 0 Å². The van der Waals surface area contributed by atoms with E-state index >= 15 is 0 Å². The summed E-state index contributed by atoms with van der Waals surface area (Å²) >= 11 is 0. The molecule has 0 aliphatic carbocycles. The van der Waals surface area contributed by atoms with Crippen LogP contribution in [-0.4, -0.2) is 6.03 Å². The fourth-order valence-corrected chi connectivity index (χ4v) is 0.646. The Morgan fingerprint density at radius 1 is 1.36 bits per heavy atom. The van der Waals surface area contributed by atoms with Crippen LogP contribution in [0.5, 0.6) is 0 Å². The van der Waals surface area contributed by atoms with Gasteiger partial charge in [0.15, 0.2) is 0 Å². The van der Waals surface area contributed by atoms with Crippen molar-refractivity contribution >= 4 is 6.03 Å². The van der Waals surface area contributed by atoms with Crippen LogP contribution < -0.4 is 9.88 Å². The van der Waals surface area contributed by atoms with Gasteiger partial charge in [0.1, 0.15) is 0 Å². The Bertz CT molecular complexity index is 288. The Balaban J connectivity index is 2.79. The molecule has 0 spiro atoms. The summed E-state index contributed by atoms with van der Waals surface area (Å²) in [6, 6.07) is 4.75. The van der Waals surface area contributed by atoms with Crippen molar-refractivity contribution in [3.8, 4) is 6.19 Å². The number of rotatable bonds is 0. The third-order valence-corrected chi connectivity index (χ3v) is 1.11. The second kappa shape index (κ2) is 3.32. The lowest BCUT2D eigenvalue weighted by molar-refractivity contribution is -0.571. The number of amides is 1. The van der Waals surface area contributed by atoms with Gasteiger partial charge in [-0.15, -0.1) is 10.6 Å². The fraction of sp³-hybridized carbons (Fsp3) is 0. The van der Waals surface area contributed by atoms with Gasteiger partial charge < -0.3 is 0 Å². The molecule has 1 aromatic heterocycles. The summed E-state index contributed by atoms with van der Waals surface area (Å²) in [5.41, 5.74) is 0. The summed E-state index contributed by atoms with van der Waals surface area (Å²) in [5.74, 6) is 0. The van der Waals surface area contributed by atoms with Gasteiger partial charge in [0, 0.05) is 0 Å². The topological polar surface area (TPSA) is 56.8 Å². The lowest BCUT2D eigenvalue weighted by Gasteiger charge is -1.89. The molecule has 0 aromatic carbocycles. The van der Waals surface area contributed by atoms with Crippen LogP contribution in [0.1, 0.15) is 0 Å². The Morgan fingerprint density at radius 2 is 2.00 bits per heavy atom. The van der Waals surface area contributed by atoms with Gasteiger partial charge in [0.05, 0.1) is 12.4 Å². The fourth-order valence-electron chi connectivity index (χ4n) is 0.646. The van der Waals surface area contributed by atoms with Crippen LogP contribution in [0.4, 0.5) is 4.79 Å². The van der Waals surface area contributed by atoms with Gasteiger partial charge in [0.2, 0.25) is 0 Å². The maximum atomic E-state index is 10.9. The summed E-state index contributed by atoms with van der Waals surface area (Å²) in [7, 11) is 0. The van der Waals surface area contributed by atoms with Gasteiger partial charge in [-0.05, 0) is 12.1 Å². The van der Waals surface area contributed by atoms with Crippen molar-refractivity contribution < 1.29 is 9.36 Å². The van der Waals surface area contributed by atoms with Crippen LogP contribution in [0.3, 0.4) is 0 Å². The second-order valence-electron chi connectivity index (χ2n) is 1.82. The minimum atomic E-state index is -0.451. The van der Waals surface area contributed by atoms with Crippen molar-refractivity contribution in [1.82, 2.24) is 5.32 Å². The standard InChI is InChI=1S/C7H5N3O/c8-6-9-7(11)10-4-2-1-3-5-10/h1-5H/p+1. The van der Waals surface area contributed by atoms with Crippen molar-refractivity contribution in [1.29, 1.82) is 5.26 Å². The first-order valence-corrected chi connectivity index (χ1v) is 3.00. The normalized spacial score (nSPS) is 8.27. The van der Waals surface area contributed by atoms with Crippen LogP contribution in [0.2, 0.25) is 0 Å². The molecule has 0 fully saturated rings. The van der Waals surface area contributed by atoms with E-state index in [1.54, 1.807) is 36.8 Å². The van der Waals surface area contributed by atoms with Crippen molar-refractivity contribution in [2.75, 3.05) is 0 Å². The van der Waals surface area contributed by atoms with Gasteiger partial charge in [-0.1, -0.05) is 6.07 Å². The lowest BCUT2D eigenvalue weighted by atomic mass is 10.5. The molecular formula is C7H6N3O+. The van der Waals surface area contributed by atoms with E-state index in [0.717, 1.165) is 0 Å². The van der Waals surface area contributed by atoms with E-state index in [9.17, 15) is 4.79 Å². The number of carbonyl (C=O) groups excluding carboxylic acids is 1. The maximum absolute atomic E-state index is 10.9. The molecule has 1 heterocycles. The van der Waals surface area contributed by atoms with Crippen LogP contribution in [0, 0.1) is 11.5 Å². The highest BCUT2D eigenvalue weighted by Crippen LogP contribution is 1.75. The van der Waals surface area contributed by atoms with Crippen LogP contribution in [-0.2, 0) is 0 Å². The summed E-state index contributed by atoms with van der Waals surface area (Å²) in [6.45, 7) is 0. The number of hydrogen-bond acceptors (Lipinski definition) is 2. The lowest BCUT2D eigenvalue weighted by Crippen LogP contribution is -2.47. The molecule has 0 saturated carbocycles. The molecule has 0 aliphatic heterocycles. The Morgan fingerprint density at radius 3 is 2.55 bits per heavy atom. The molecular weight excluding hydrogens is 142 g/mol. The van der Waals surface area contributed by atoms with Crippen molar-refractivity contribution in [2.24, 2.45) is 0 Å². The first kappa shape index (κ1) is 7.22. The number of carbonyl (C=O) groups is 1. The Labute approximate surface area is 63.7 Å². The third kappa shape index (κ3) is 1.76. The minimum absolute atomic E-state index is 0.451. The van der Waals surface area contributed by atoms with E-state index in [1.807, 2.05) is 5.32 Å². The van der Waals surface area contributed by atoms with Gasteiger partial charge in [-0.25, -0.2) is 0 Å². The zero-order valence-corrected chi connectivity index (χ0v) is 5.69. The number of aromatic nitrogens is 1. The predicted molar refractivity (Wildman–Crippen MR) is 36.2 cm³/mol. The number of nitriles is 1. The molecule has 54 valence electrons. The monoisotopic (exact) mass is 148 g/mol. The van der Waals surface area contributed by atoms with Crippen LogP contribution in [0.25, 0.3) is 0 Å². The quantitative estimate of drug-likeness (QED) is 0.320. The number of hydrogen-bond donors (Lipinski definition) is 1. The summed E-state index contributed by atoms with van der Waals surface area (Å²) < 4.78 is 1.28. The van der Waals surface area contributed by atoms with Gasteiger partial charge in [-0.3, -0.25) is 0 Å². The highest BCUT2D eigenvalue weighted by Gasteiger charge is 2.08. The van der Waals surface area contributed by atoms with E-state index < -0.39 is 6.03 Å². The largest absolute Gasteiger partial charge is 0.510 e. The molecule has 1 amide bonds. The number of nitrogens with zero attached hydrogens (tertiary/aromatic N) is 2.